The third-order valence-electron chi connectivity index (χ3n) is 3.08. The maximum Gasteiger partial charge on any atom is 0.419 e. The Morgan fingerprint density at radius 1 is 1.00 bits per heavy atom. The fourth-order valence-electron chi connectivity index (χ4n) is 2.01. The van der Waals surface area contributed by atoms with Crippen molar-refractivity contribution in [3.63, 3.8) is 0 Å². The molecule has 0 aliphatic rings. The van der Waals surface area contributed by atoms with Gasteiger partial charge in [0, 0.05) is 6.54 Å². The summed E-state index contributed by atoms with van der Waals surface area (Å²) in [5.74, 6) is 0.429. The summed E-state index contributed by atoms with van der Waals surface area (Å²) in [6.45, 7) is 0.183. The van der Waals surface area contributed by atoms with Crippen molar-refractivity contribution in [2.75, 3.05) is 20.3 Å². The molecule has 0 aliphatic carbocycles. The van der Waals surface area contributed by atoms with Gasteiger partial charge in [0.15, 0.2) is 0 Å². The smallest absolute Gasteiger partial charge is 0.419 e. The van der Waals surface area contributed by atoms with Gasteiger partial charge in [-0.2, -0.15) is 13.2 Å². The van der Waals surface area contributed by atoms with Crippen molar-refractivity contribution in [1.82, 2.24) is 0 Å². The predicted molar refractivity (Wildman–Crippen MR) is 85.2 cm³/mol. The summed E-state index contributed by atoms with van der Waals surface area (Å²) in [7, 11) is 1.53. The van der Waals surface area contributed by atoms with E-state index < -0.39 is 11.7 Å². The van der Waals surface area contributed by atoms with Crippen LogP contribution in [0.4, 0.5) is 13.2 Å². The van der Waals surface area contributed by atoms with E-state index >= 15 is 0 Å². The van der Waals surface area contributed by atoms with Crippen molar-refractivity contribution in [2.45, 2.75) is 6.18 Å². The molecule has 0 atom stereocenters. The molecule has 23 heavy (non-hydrogen) atoms. The van der Waals surface area contributed by atoms with Gasteiger partial charge in [-0.3, -0.25) is 0 Å². The Morgan fingerprint density at radius 3 is 2.13 bits per heavy atom. The van der Waals surface area contributed by atoms with E-state index in [9.17, 15) is 13.2 Å². The average molecular weight is 348 g/mol. The Morgan fingerprint density at radius 2 is 1.61 bits per heavy atom. The van der Waals surface area contributed by atoms with Crippen LogP contribution >= 0.6 is 12.4 Å². The van der Waals surface area contributed by atoms with Gasteiger partial charge >= 0.3 is 6.18 Å². The lowest BCUT2D eigenvalue weighted by Crippen LogP contribution is -2.14. The van der Waals surface area contributed by atoms with Gasteiger partial charge in [0.2, 0.25) is 0 Å². The standard InChI is InChI=1S/C16H16F3NO2.ClH/c1-21-13-5-2-11(3-6-13)12-4-7-15(22-9-8-20)14(10-12)16(17,18)19;/h2-7,10H,8-9,20H2,1H3;1H. The van der Waals surface area contributed by atoms with Gasteiger partial charge in [0.25, 0.3) is 0 Å². The zero-order valence-electron chi connectivity index (χ0n) is 12.4. The molecule has 0 heterocycles. The first-order valence-electron chi connectivity index (χ1n) is 6.64. The molecule has 0 radical (unpaired) electrons. The number of ether oxygens (including phenoxy) is 2. The van der Waals surface area contributed by atoms with Crippen LogP contribution in [0.15, 0.2) is 42.5 Å². The van der Waals surface area contributed by atoms with Crippen LogP contribution < -0.4 is 15.2 Å². The maximum atomic E-state index is 13.2. The van der Waals surface area contributed by atoms with E-state index in [1.165, 1.54) is 13.2 Å². The minimum atomic E-state index is -4.49. The number of methoxy groups -OCH3 is 1. The summed E-state index contributed by atoms with van der Waals surface area (Å²) in [5, 5.41) is 0. The van der Waals surface area contributed by atoms with Crippen molar-refractivity contribution in [3.05, 3.63) is 48.0 Å². The summed E-state index contributed by atoms with van der Waals surface area (Å²) in [4.78, 5) is 0. The van der Waals surface area contributed by atoms with Crippen LogP contribution in [0.5, 0.6) is 11.5 Å². The van der Waals surface area contributed by atoms with Gasteiger partial charge < -0.3 is 15.2 Å². The number of benzene rings is 2. The highest BCUT2D eigenvalue weighted by Crippen LogP contribution is 2.39. The number of hydrogen-bond acceptors (Lipinski definition) is 3. The topological polar surface area (TPSA) is 44.5 Å². The van der Waals surface area contributed by atoms with E-state index in [0.29, 0.717) is 16.9 Å². The van der Waals surface area contributed by atoms with Gasteiger partial charge in [-0.1, -0.05) is 18.2 Å². The SMILES string of the molecule is COc1ccc(-c2ccc(OCCN)c(C(F)(F)F)c2)cc1.Cl. The summed E-state index contributed by atoms with van der Waals surface area (Å²) in [6, 6.07) is 10.8. The van der Waals surface area contributed by atoms with Crippen molar-refractivity contribution in [1.29, 1.82) is 0 Å². The number of rotatable bonds is 5. The fourth-order valence-corrected chi connectivity index (χ4v) is 2.01. The third-order valence-corrected chi connectivity index (χ3v) is 3.08. The molecular weight excluding hydrogens is 331 g/mol. The Labute approximate surface area is 138 Å². The molecule has 2 rings (SSSR count). The molecule has 2 aromatic rings. The van der Waals surface area contributed by atoms with E-state index in [1.807, 2.05) is 0 Å². The van der Waals surface area contributed by atoms with Crippen molar-refractivity contribution < 1.29 is 22.6 Å². The first kappa shape index (κ1) is 19.1. The van der Waals surface area contributed by atoms with E-state index in [2.05, 4.69) is 0 Å². The zero-order valence-corrected chi connectivity index (χ0v) is 13.2. The molecule has 3 nitrogen and oxygen atoms in total. The lowest BCUT2D eigenvalue weighted by atomic mass is 10.0. The van der Waals surface area contributed by atoms with Gasteiger partial charge in [-0.15, -0.1) is 12.4 Å². The maximum absolute atomic E-state index is 13.2. The second kappa shape index (κ2) is 8.08. The molecule has 2 aromatic carbocycles. The number of nitrogens with two attached hydrogens (primary N) is 1. The summed E-state index contributed by atoms with van der Waals surface area (Å²) >= 11 is 0. The third kappa shape index (κ3) is 4.77. The number of alkyl halides is 3. The zero-order chi connectivity index (χ0) is 16.2. The lowest BCUT2D eigenvalue weighted by molar-refractivity contribution is -0.138. The first-order chi connectivity index (χ1) is 10.5. The van der Waals surface area contributed by atoms with Crippen LogP contribution in [0.25, 0.3) is 11.1 Å². The molecule has 0 fully saturated rings. The minimum absolute atomic E-state index is 0. The van der Waals surface area contributed by atoms with Crippen molar-refractivity contribution in [3.8, 4) is 22.6 Å². The van der Waals surface area contributed by atoms with Crippen LogP contribution in [-0.2, 0) is 6.18 Å². The molecule has 2 N–H and O–H groups in total. The molecule has 0 bridgehead atoms. The van der Waals surface area contributed by atoms with Crippen LogP contribution in [0.3, 0.4) is 0 Å². The molecule has 126 valence electrons. The summed E-state index contributed by atoms with van der Waals surface area (Å²) < 4.78 is 49.6. The summed E-state index contributed by atoms with van der Waals surface area (Å²) in [6.07, 6.45) is -4.49. The van der Waals surface area contributed by atoms with E-state index in [4.69, 9.17) is 15.2 Å². The van der Waals surface area contributed by atoms with E-state index in [1.54, 1.807) is 30.3 Å². The monoisotopic (exact) mass is 347 g/mol. The molecule has 0 unspecified atom stereocenters. The van der Waals surface area contributed by atoms with Crippen LogP contribution in [0.1, 0.15) is 5.56 Å². The van der Waals surface area contributed by atoms with Crippen molar-refractivity contribution >= 4 is 12.4 Å². The van der Waals surface area contributed by atoms with Crippen LogP contribution in [0, 0.1) is 0 Å². The normalized spacial score (nSPS) is 10.8. The average Bonchev–Trinajstić information content (AvgIpc) is 2.52. The van der Waals surface area contributed by atoms with E-state index in [0.717, 1.165) is 6.07 Å². The van der Waals surface area contributed by atoms with E-state index in [-0.39, 0.29) is 31.3 Å². The molecule has 7 heteroatoms. The summed E-state index contributed by atoms with van der Waals surface area (Å²) in [5.41, 5.74) is 5.57. The molecule has 0 aliphatic heterocycles. The fraction of sp³-hybridized carbons (Fsp3) is 0.250. The van der Waals surface area contributed by atoms with Gasteiger partial charge in [0.1, 0.15) is 18.1 Å². The second-order valence-electron chi connectivity index (χ2n) is 4.57. The molecule has 0 spiro atoms. The Hall–Kier alpha value is -1.92. The molecule has 0 saturated heterocycles. The molecule has 0 saturated carbocycles. The molecule has 0 aromatic heterocycles. The Bertz CT molecular complexity index is 630. The van der Waals surface area contributed by atoms with Crippen LogP contribution in [0.2, 0.25) is 0 Å². The highest BCUT2D eigenvalue weighted by molar-refractivity contribution is 5.85. The number of halogens is 4. The molecular formula is C16H17ClF3NO2. The van der Waals surface area contributed by atoms with Crippen molar-refractivity contribution in [2.24, 2.45) is 5.73 Å². The molecule has 0 amide bonds. The highest BCUT2D eigenvalue weighted by Gasteiger charge is 2.34. The highest BCUT2D eigenvalue weighted by atomic mass is 35.5. The largest absolute Gasteiger partial charge is 0.497 e. The Balaban J connectivity index is 0.00000264. The van der Waals surface area contributed by atoms with Gasteiger partial charge in [-0.25, -0.2) is 0 Å². The van der Waals surface area contributed by atoms with Gasteiger partial charge in [-0.05, 0) is 35.4 Å². The van der Waals surface area contributed by atoms with Crippen LogP contribution in [-0.4, -0.2) is 20.3 Å². The van der Waals surface area contributed by atoms with Gasteiger partial charge in [0.05, 0.1) is 12.7 Å². The Kier molecular flexibility index (Phi) is 6.72. The number of hydrogen-bond donors (Lipinski definition) is 1. The lowest BCUT2D eigenvalue weighted by Gasteiger charge is -2.15. The first-order valence-corrected chi connectivity index (χ1v) is 6.64. The second-order valence-corrected chi connectivity index (χ2v) is 4.57. The minimum Gasteiger partial charge on any atom is -0.497 e. The quantitative estimate of drug-likeness (QED) is 0.884. The predicted octanol–water partition coefficient (Wildman–Crippen LogP) is 4.14.